The lowest BCUT2D eigenvalue weighted by molar-refractivity contribution is 0.162. The molecule has 0 unspecified atom stereocenters. The minimum atomic E-state index is -1.57. The number of aromatic nitrogens is 5. The predicted molar refractivity (Wildman–Crippen MR) is 174 cm³/mol. The molecule has 0 bridgehead atoms. The van der Waals surface area contributed by atoms with Crippen LogP contribution in [0.3, 0.4) is 0 Å². The van der Waals surface area contributed by atoms with E-state index < -0.39 is 10.0 Å². The minimum Gasteiger partial charge on any atom is -0.365 e. The van der Waals surface area contributed by atoms with E-state index in [9.17, 15) is 0 Å². The zero-order valence-corrected chi connectivity index (χ0v) is 27.3. The summed E-state index contributed by atoms with van der Waals surface area (Å²) in [6.45, 7) is 13.9. The summed E-state index contributed by atoms with van der Waals surface area (Å²) in [5.41, 5.74) is 4.90. The van der Waals surface area contributed by atoms with Crippen LogP contribution in [-0.4, -0.2) is 35.2 Å². The fourth-order valence-corrected chi connectivity index (χ4v) is 10.6. The number of halogens is 1. The number of ether oxygens (including phenoxy) is 1. The molecule has 0 spiro atoms. The van der Waals surface area contributed by atoms with Gasteiger partial charge in [0.2, 0.25) is 0 Å². The van der Waals surface area contributed by atoms with E-state index in [0.717, 1.165) is 26.2 Å². The Morgan fingerprint density at radius 1 is 0.950 bits per heavy atom. The Kier molecular flexibility index (Phi) is 8.14. The molecule has 3 aromatic heterocycles. The van der Waals surface area contributed by atoms with E-state index in [-0.39, 0.29) is 4.75 Å². The molecule has 0 amide bonds. The first-order chi connectivity index (χ1) is 19.0. The van der Waals surface area contributed by atoms with Crippen LogP contribution in [0.4, 0.5) is 0 Å². The van der Waals surface area contributed by atoms with Crippen molar-refractivity contribution in [2.75, 3.05) is 5.94 Å². The highest BCUT2D eigenvalue weighted by atomic mass is 127. The molecule has 0 radical (unpaired) electrons. The number of fused-ring (bicyclic) bond motifs is 1. The molecule has 0 fully saturated rings. The molecular weight excluding hydrogens is 629 g/mol. The van der Waals surface area contributed by atoms with Crippen molar-refractivity contribution in [3.05, 3.63) is 93.6 Å². The SMILES string of the molecule is Cc1c(C(C)C)c(I)nn1-c1cc2cn(C)nc2nc1COCS(c1ccccc1)(c1ccccc1)C(C)(C)C. The smallest absolute Gasteiger partial charge is 0.181 e. The average Bonchev–Trinajstić information content (AvgIpc) is 3.43. The molecule has 3 heterocycles. The van der Waals surface area contributed by atoms with Gasteiger partial charge in [0.05, 0.1) is 23.9 Å². The zero-order valence-electron chi connectivity index (χ0n) is 24.4. The number of benzene rings is 2. The predicted octanol–water partition coefficient (Wildman–Crippen LogP) is 8.39. The van der Waals surface area contributed by atoms with Crippen molar-refractivity contribution >= 4 is 43.7 Å². The van der Waals surface area contributed by atoms with Gasteiger partial charge in [-0.15, -0.1) is 0 Å². The van der Waals surface area contributed by atoms with Crippen LogP contribution in [0, 0.1) is 10.6 Å². The third-order valence-electron chi connectivity index (χ3n) is 7.42. The molecule has 0 saturated heterocycles. The van der Waals surface area contributed by atoms with Gasteiger partial charge < -0.3 is 4.74 Å². The second kappa shape index (κ2) is 11.3. The molecule has 0 N–H and O–H groups in total. The topological polar surface area (TPSA) is 57.8 Å². The molecule has 0 saturated carbocycles. The molecule has 2 aromatic carbocycles. The molecule has 0 aliphatic rings. The molecule has 210 valence electrons. The Labute approximate surface area is 252 Å². The van der Waals surface area contributed by atoms with E-state index in [1.165, 1.54) is 15.4 Å². The third kappa shape index (κ3) is 5.21. The van der Waals surface area contributed by atoms with E-state index in [0.29, 0.717) is 24.1 Å². The largest absolute Gasteiger partial charge is 0.365 e. The summed E-state index contributed by atoms with van der Waals surface area (Å²) in [5.74, 6) is 0.960. The number of rotatable bonds is 8. The Hall–Kier alpha value is -2.69. The molecular formula is C32H38IN5OS. The number of hydrogen-bond donors (Lipinski definition) is 0. The van der Waals surface area contributed by atoms with Crippen molar-refractivity contribution in [3.8, 4) is 5.69 Å². The second-order valence-electron chi connectivity index (χ2n) is 11.5. The van der Waals surface area contributed by atoms with Crippen LogP contribution >= 0.6 is 32.6 Å². The fourth-order valence-electron chi connectivity index (χ4n) is 5.48. The van der Waals surface area contributed by atoms with Crippen LogP contribution in [0.5, 0.6) is 0 Å². The van der Waals surface area contributed by atoms with Crippen molar-refractivity contribution in [1.29, 1.82) is 0 Å². The van der Waals surface area contributed by atoms with Crippen LogP contribution in [-0.2, 0) is 18.4 Å². The normalized spacial score (nSPS) is 12.9. The lowest BCUT2D eigenvalue weighted by Gasteiger charge is -2.51. The number of nitrogens with zero attached hydrogens (tertiary/aromatic N) is 5. The molecule has 0 aliphatic heterocycles. The summed E-state index contributed by atoms with van der Waals surface area (Å²) < 4.78 is 11.6. The number of hydrogen-bond acceptors (Lipinski definition) is 4. The van der Waals surface area contributed by atoms with Crippen molar-refractivity contribution in [2.24, 2.45) is 7.05 Å². The maximum absolute atomic E-state index is 6.76. The first-order valence-corrected chi connectivity index (χ1v) is 16.5. The fraction of sp³-hybridized carbons (Fsp3) is 0.344. The standard InChI is InChI=1S/C32H38IN5OS/c1-22(2)29-23(3)38(35-30(29)33)28-18-24-19-37(7)36-31(24)34-27(28)20-39-21-40(32(4,5)6,25-14-10-8-11-15-25)26-16-12-9-13-17-26/h8-19,22H,20-21H2,1-7H3. The maximum Gasteiger partial charge on any atom is 0.181 e. The highest BCUT2D eigenvalue weighted by Crippen LogP contribution is 2.70. The number of pyridine rings is 1. The van der Waals surface area contributed by atoms with Gasteiger partial charge in [0.25, 0.3) is 0 Å². The van der Waals surface area contributed by atoms with Gasteiger partial charge in [-0.25, -0.2) is 9.67 Å². The Morgan fingerprint density at radius 3 is 2.08 bits per heavy atom. The van der Waals surface area contributed by atoms with Crippen LogP contribution in [0.25, 0.3) is 16.7 Å². The van der Waals surface area contributed by atoms with Crippen molar-refractivity contribution in [3.63, 3.8) is 0 Å². The monoisotopic (exact) mass is 667 g/mol. The van der Waals surface area contributed by atoms with Gasteiger partial charge in [-0.2, -0.15) is 20.2 Å². The van der Waals surface area contributed by atoms with Gasteiger partial charge >= 0.3 is 0 Å². The first-order valence-electron chi connectivity index (χ1n) is 13.6. The van der Waals surface area contributed by atoms with Crippen molar-refractivity contribution in [1.82, 2.24) is 24.5 Å². The van der Waals surface area contributed by atoms with Crippen LogP contribution in [0.1, 0.15) is 57.5 Å². The summed E-state index contributed by atoms with van der Waals surface area (Å²) in [4.78, 5) is 7.65. The second-order valence-corrected chi connectivity index (χ2v) is 16.4. The third-order valence-corrected chi connectivity index (χ3v) is 13.0. The van der Waals surface area contributed by atoms with E-state index in [4.69, 9.17) is 14.8 Å². The molecule has 6 nitrogen and oxygen atoms in total. The summed E-state index contributed by atoms with van der Waals surface area (Å²) in [7, 11) is 0.356. The lowest BCUT2D eigenvalue weighted by atomic mass is 10.1. The Bertz CT molecular complexity index is 1580. The Morgan fingerprint density at radius 2 is 1.55 bits per heavy atom. The van der Waals surface area contributed by atoms with E-state index in [1.54, 1.807) is 0 Å². The highest BCUT2D eigenvalue weighted by molar-refractivity contribution is 14.1. The van der Waals surface area contributed by atoms with Gasteiger partial charge in [-0.1, -0.05) is 71.0 Å². The summed E-state index contributed by atoms with van der Waals surface area (Å²) in [6, 6.07) is 23.9. The molecule has 8 heteroatoms. The summed E-state index contributed by atoms with van der Waals surface area (Å²) in [6.07, 6.45) is 2.00. The van der Waals surface area contributed by atoms with E-state index in [1.807, 2.05) is 22.6 Å². The van der Waals surface area contributed by atoms with Gasteiger partial charge in [-0.05, 0) is 75.6 Å². The van der Waals surface area contributed by atoms with E-state index in [2.05, 4.69) is 136 Å². The molecule has 40 heavy (non-hydrogen) atoms. The van der Waals surface area contributed by atoms with Crippen LogP contribution in [0.15, 0.2) is 82.7 Å². The van der Waals surface area contributed by atoms with Crippen LogP contribution < -0.4 is 0 Å². The van der Waals surface area contributed by atoms with Crippen molar-refractivity contribution < 1.29 is 4.74 Å². The van der Waals surface area contributed by atoms with Gasteiger partial charge in [-0.3, -0.25) is 4.68 Å². The molecule has 5 rings (SSSR count). The summed E-state index contributed by atoms with van der Waals surface area (Å²) >= 11 is 2.35. The Balaban J connectivity index is 1.58. The minimum absolute atomic E-state index is 0.0439. The van der Waals surface area contributed by atoms with Crippen LogP contribution in [0.2, 0.25) is 0 Å². The van der Waals surface area contributed by atoms with Gasteiger partial charge in [0, 0.05) is 34.6 Å². The number of aryl methyl sites for hydroxylation is 1. The highest BCUT2D eigenvalue weighted by Gasteiger charge is 2.40. The zero-order chi connectivity index (χ0) is 28.7. The van der Waals surface area contributed by atoms with E-state index >= 15 is 0 Å². The molecule has 0 aliphatic carbocycles. The first kappa shape index (κ1) is 28.8. The summed E-state index contributed by atoms with van der Waals surface area (Å²) in [5, 5.41) is 10.5. The maximum atomic E-state index is 6.76. The lowest BCUT2D eigenvalue weighted by Crippen LogP contribution is -2.29. The van der Waals surface area contributed by atoms with Crippen molar-refractivity contribution in [2.45, 2.75) is 68.6 Å². The van der Waals surface area contributed by atoms with Gasteiger partial charge in [0.1, 0.15) is 3.70 Å². The van der Waals surface area contributed by atoms with Gasteiger partial charge in [0.15, 0.2) is 5.65 Å². The quantitative estimate of drug-likeness (QED) is 0.156. The average molecular weight is 668 g/mol. The molecule has 5 aromatic rings. The molecule has 0 atom stereocenters.